The third kappa shape index (κ3) is 2.89. The molecule has 0 aliphatic heterocycles. The first-order chi connectivity index (χ1) is 8.77. The number of halogens is 1. The van der Waals surface area contributed by atoms with E-state index in [1.807, 2.05) is 20.8 Å². The zero-order valence-corrected chi connectivity index (χ0v) is 11.2. The molecule has 0 amide bonds. The molecule has 0 fully saturated rings. The molecular formula is C15H16FNO2. The zero-order valence-electron chi connectivity index (χ0n) is 11.2. The highest BCUT2D eigenvalue weighted by atomic mass is 19.1. The van der Waals surface area contributed by atoms with Crippen LogP contribution in [0.5, 0.6) is 0 Å². The lowest BCUT2D eigenvalue weighted by molar-refractivity contribution is -0.136. The average molecular weight is 261 g/mol. The monoisotopic (exact) mass is 261 g/mol. The third-order valence-corrected chi connectivity index (χ3v) is 2.97. The second-order valence-electron chi connectivity index (χ2n) is 5.65. The molecular weight excluding hydrogens is 245 g/mol. The fourth-order valence-corrected chi connectivity index (χ4v) is 1.96. The second kappa shape index (κ2) is 4.61. The van der Waals surface area contributed by atoms with Crippen LogP contribution in [0.25, 0.3) is 10.9 Å². The first-order valence-corrected chi connectivity index (χ1v) is 6.09. The Morgan fingerprint density at radius 1 is 1.32 bits per heavy atom. The molecule has 0 unspecified atom stereocenters. The van der Waals surface area contributed by atoms with E-state index in [-0.39, 0.29) is 17.7 Å². The van der Waals surface area contributed by atoms with Crippen molar-refractivity contribution in [3.8, 4) is 0 Å². The first kappa shape index (κ1) is 13.5. The molecule has 3 nitrogen and oxygen atoms in total. The molecule has 0 atom stereocenters. The molecule has 0 saturated carbocycles. The van der Waals surface area contributed by atoms with Gasteiger partial charge in [-0.3, -0.25) is 9.78 Å². The van der Waals surface area contributed by atoms with Crippen LogP contribution in [0, 0.1) is 5.82 Å². The number of aliphatic carboxylic acids is 1. The van der Waals surface area contributed by atoms with Crippen LogP contribution in [0.4, 0.5) is 4.39 Å². The summed E-state index contributed by atoms with van der Waals surface area (Å²) in [7, 11) is 0. The van der Waals surface area contributed by atoms with Crippen molar-refractivity contribution in [2.45, 2.75) is 32.6 Å². The van der Waals surface area contributed by atoms with Gasteiger partial charge in [-0.25, -0.2) is 4.39 Å². The number of carboxylic acid groups (broad SMARTS) is 1. The van der Waals surface area contributed by atoms with E-state index in [1.54, 1.807) is 12.1 Å². The van der Waals surface area contributed by atoms with Crippen LogP contribution in [0.3, 0.4) is 0 Å². The molecule has 2 rings (SSSR count). The summed E-state index contributed by atoms with van der Waals surface area (Å²) in [6.45, 7) is 6.03. The van der Waals surface area contributed by atoms with E-state index >= 15 is 0 Å². The summed E-state index contributed by atoms with van der Waals surface area (Å²) in [5.74, 6) is -1.32. The SMILES string of the molecule is CC(C)(C)c1cc(CC(=O)O)c2cc(F)ccc2n1. The van der Waals surface area contributed by atoms with Gasteiger partial charge < -0.3 is 5.11 Å². The van der Waals surface area contributed by atoms with Gasteiger partial charge in [0, 0.05) is 16.5 Å². The largest absolute Gasteiger partial charge is 0.481 e. The summed E-state index contributed by atoms with van der Waals surface area (Å²) in [6, 6.07) is 6.03. The fraction of sp³-hybridized carbons (Fsp3) is 0.333. The molecule has 0 saturated heterocycles. The number of rotatable bonds is 2. The van der Waals surface area contributed by atoms with Gasteiger partial charge in [0.15, 0.2) is 0 Å². The molecule has 1 N–H and O–H groups in total. The minimum Gasteiger partial charge on any atom is -0.481 e. The number of aromatic nitrogens is 1. The molecule has 1 aromatic heterocycles. The molecule has 100 valence electrons. The number of hydrogen-bond acceptors (Lipinski definition) is 2. The number of carboxylic acids is 1. The predicted octanol–water partition coefficient (Wildman–Crippen LogP) is 3.30. The topological polar surface area (TPSA) is 50.2 Å². The van der Waals surface area contributed by atoms with Gasteiger partial charge in [-0.2, -0.15) is 0 Å². The minimum absolute atomic E-state index is 0.133. The normalized spacial score (nSPS) is 11.8. The van der Waals surface area contributed by atoms with E-state index in [9.17, 15) is 9.18 Å². The van der Waals surface area contributed by atoms with Crippen LogP contribution < -0.4 is 0 Å². The number of fused-ring (bicyclic) bond motifs is 1. The summed E-state index contributed by atoms with van der Waals surface area (Å²) < 4.78 is 13.3. The number of benzene rings is 1. The molecule has 19 heavy (non-hydrogen) atoms. The zero-order chi connectivity index (χ0) is 14.2. The average Bonchev–Trinajstić information content (AvgIpc) is 2.27. The highest BCUT2D eigenvalue weighted by Gasteiger charge is 2.19. The second-order valence-corrected chi connectivity index (χ2v) is 5.65. The van der Waals surface area contributed by atoms with Crippen molar-refractivity contribution in [3.05, 3.63) is 41.3 Å². The molecule has 0 bridgehead atoms. The summed E-state index contributed by atoms with van der Waals surface area (Å²) in [4.78, 5) is 15.4. The summed E-state index contributed by atoms with van der Waals surface area (Å²) in [5, 5.41) is 9.54. The van der Waals surface area contributed by atoms with Crippen LogP contribution in [0.2, 0.25) is 0 Å². The van der Waals surface area contributed by atoms with Crippen LogP contribution >= 0.6 is 0 Å². The maximum absolute atomic E-state index is 13.3. The van der Waals surface area contributed by atoms with Crippen LogP contribution in [-0.2, 0) is 16.6 Å². The van der Waals surface area contributed by atoms with E-state index in [4.69, 9.17) is 5.11 Å². The van der Waals surface area contributed by atoms with E-state index in [2.05, 4.69) is 4.98 Å². The van der Waals surface area contributed by atoms with Crippen LogP contribution in [0.1, 0.15) is 32.0 Å². The summed E-state index contributed by atoms with van der Waals surface area (Å²) in [6.07, 6.45) is -0.133. The Kier molecular flexibility index (Phi) is 3.27. The van der Waals surface area contributed by atoms with Crippen molar-refractivity contribution in [2.24, 2.45) is 0 Å². The van der Waals surface area contributed by atoms with Crippen molar-refractivity contribution in [1.29, 1.82) is 0 Å². The molecule has 2 aromatic rings. The highest BCUT2D eigenvalue weighted by Crippen LogP contribution is 2.27. The van der Waals surface area contributed by atoms with Gasteiger partial charge in [0.2, 0.25) is 0 Å². The van der Waals surface area contributed by atoms with Gasteiger partial charge in [-0.15, -0.1) is 0 Å². The Morgan fingerprint density at radius 3 is 2.58 bits per heavy atom. The number of carbonyl (C=O) groups is 1. The number of hydrogen-bond donors (Lipinski definition) is 1. The maximum Gasteiger partial charge on any atom is 0.307 e. The quantitative estimate of drug-likeness (QED) is 0.902. The molecule has 4 heteroatoms. The third-order valence-electron chi connectivity index (χ3n) is 2.97. The standard InChI is InChI=1S/C15H16FNO2/c1-15(2,3)13-6-9(7-14(18)19)11-8-10(16)4-5-12(11)17-13/h4-6,8H,7H2,1-3H3,(H,18,19). The van der Waals surface area contributed by atoms with Gasteiger partial charge >= 0.3 is 5.97 Å². The van der Waals surface area contributed by atoms with Crippen molar-refractivity contribution in [2.75, 3.05) is 0 Å². The van der Waals surface area contributed by atoms with E-state index in [0.29, 0.717) is 16.5 Å². The molecule has 0 radical (unpaired) electrons. The lowest BCUT2D eigenvalue weighted by Gasteiger charge is -2.19. The highest BCUT2D eigenvalue weighted by molar-refractivity contribution is 5.86. The minimum atomic E-state index is -0.934. The molecule has 1 aromatic carbocycles. The van der Waals surface area contributed by atoms with Crippen molar-refractivity contribution in [3.63, 3.8) is 0 Å². The Bertz CT molecular complexity index is 644. The Hall–Kier alpha value is -1.97. The van der Waals surface area contributed by atoms with E-state index < -0.39 is 5.97 Å². The molecule has 1 heterocycles. The van der Waals surface area contributed by atoms with Gasteiger partial charge in [0.1, 0.15) is 5.82 Å². The number of pyridine rings is 1. The Labute approximate surface area is 111 Å². The lowest BCUT2D eigenvalue weighted by atomic mass is 9.89. The van der Waals surface area contributed by atoms with Crippen molar-refractivity contribution >= 4 is 16.9 Å². The molecule has 0 aliphatic rings. The van der Waals surface area contributed by atoms with Crippen LogP contribution in [0.15, 0.2) is 24.3 Å². The molecule has 0 aliphatic carbocycles. The van der Waals surface area contributed by atoms with Gasteiger partial charge in [0.25, 0.3) is 0 Å². The van der Waals surface area contributed by atoms with Gasteiger partial charge in [-0.1, -0.05) is 20.8 Å². The van der Waals surface area contributed by atoms with Crippen molar-refractivity contribution < 1.29 is 14.3 Å². The van der Waals surface area contributed by atoms with E-state index in [0.717, 1.165) is 5.69 Å². The first-order valence-electron chi connectivity index (χ1n) is 6.09. The van der Waals surface area contributed by atoms with Gasteiger partial charge in [0.05, 0.1) is 11.9 Å². The Morgan fingerprint density at radius 2 is 2.00 bits per heavy atom. The number of nitrogens with zero attached hydrogens (tertiary/aromatic N) is 1. The van der Waals surface area contributed by atoms with E-state index in [1.165, 1.54) is 12.1 Å². The lowest BCUT2D eigenvalue weighted by Crippen LogP contribution is -2.15. The summed E-state index contributed by atoms with van der Waals surface area (Å²) >= 11 is 0. The Balaban J connectivity index is 2.72. The van der Waals surface area contributed by atoms with Crippen molar-refractivity contribution in [1.82, 2.24) is 4.98 Å². The summed E-state index contributed by atoms with van der Waals surface area (Å²) in [5.41, 5.74) is 1.85. The maximum atomic E-state index is 13.3. The fourth-order valence-electron chi connectivity index (χ4n) is 1.96. The molecule has 0 spiro atoms. The smallest absolute Gasteiger partial charge is 0.307 e. The predicted molar refractivity (Wildman–Crippen MR) is 71.7 cm³/mol. The van der Waals surface area contributed by atoms with Gasteiger partial charge in [-0.05, 0) is 29.8 Å². The van der Waals surface area contributed by atoms with Crippen LogP contribution in [-0.4, -0.2) is 16.1 Å².